The molecular formula is C26H22N2O4S. The molecule has 1 atom stereocenters. The summed E-state index contributed by atoms with van der Waals surface area (Å²) in [6.07, 6.45) is -0.996. The molecule has 1 heterocycles. The first-order valence-electron chi connectivity index (χ1n) is 10.6. The van der Waals surface area contributed by atoms with Gasteiger partial charge in [-0.05, 0) is 29.1 Å². The average molecular weight is 459 g/mol. The van der Waals surface area contributed by atoms with Crippen molar-refractivity contribution in [1.82, 2.24) is 0 Å². The number of nitrogens with zero attached hydrogens (tertiary/aromatic N) is 1. The highest BCUT2D eigenvalue weighted by atomic mass is 32.2. The summed E-state index contributed by atoms with van der Waals surface area (Å²) in [4.78, 5) is 13.2. The molecule has 0 saturated carbocycles. The third kappa shape index (κ3) is 4.27. The molecule has 166 valence electrons. The van der Waals surface area contributed by atoms with Gasteiger partial charge in [0.15, 0.2) is 6.10 Å². The van der Waals surface area contributed by atoms with E-state index in [-0.39, 0.29) is 12.3 Å². The molecule has 1 N–H and O–H groups in total. The van der Waals surface area contributed by atoms with E-state index in [4.69, 9.17) is 4.74 Å². The fourth-order valence-corrected chi connectivity index (χ4v) is 5.60. The lowest BCUT2D eigenvalue weighted by molar-refractivity contribution is -0.122. The maximum absolute atomic E-state index is 13.4. The Morgan fingerprint density at radius 1 is 0.879 bits per heavy atom. The molecule has 6 nitrogen and oxygen atoms in total. The van der Waals surface area contributed by atoms with Crippen LogP contribution in [-0.2, 0) is 20.6 Å². The van der Waals surface area contributed by atoms with E-state index in [9.17, 15) is 13.2 Å². The van der Waals surface area contributed by atoms with E-state index in [2.05, 4.69) is 5.32 Å². The summed E-state index contributed by atoms with van der Waals surface area (Å²) < 4.78 is 33.9. The highest BCUT2D eigenvalue weighted by Gasteiger charge is 2.36. The Labute approximate surface area is 192 Å². The molecule has 0 aliphatic carbocycles. The molecule has 0 aromatic heterocycles. The number of nitrogens with one attached hydrogen (secondary N) is 1. The van der Waals surface area contributed by atoms with Crippen LogP contribution in [0.25, 0.3) is 10.8 Å². The minimum absolute atomic E-state index is 0.108. The van der Waals surface area contributed by atoms with E-state index >= 15 is 0 Å². The molecule has 33 heavy (non-hydrogen) atoms. The van der Waals surface area contributed by atoms with Crippen LogP contribution in [0.4, 0.5) is 11.4 Å². The number of fused-ring (bicyclic) bond motifs is 2. The molecule has 7 heteroatoms. The topological polar surface area (TPSA) is 75.7 Å². The third-order valence-electron chi connectivity index (χ3n) is 5.60. The number of carbonyl (C=O) groups is 1. The lowest BCUT2D eigenvalue weighted by atomic mass is 10.1. The Morgan fingerprint density at radius 2 is 1.58 bits per heavy atom. The maximum Gasteiger partial charge on any atom is 0.267 e. The molecule has 0 spiro atoms. The molecule has 1 aliphatic rings. The second-order valence-corrected chi connectivity index (χ2v) is 9.76. The van der Waals surface area contributed by atoms with Crippen LogP contribution >= 0.6 is 0 Å². The van der Waals surface area contributed by atoms with Crippen LogP contribution in [0.3, 0.4) is 0 Å². The van der Waals surface area contributed by atoms with E-state index in [1.54, 1.807) is 48.5 Å². The standard InChI is InChI=1S/C26H22N2O4S/c29-26(27-22-14-8-12-20-11-4-5-13-21(20)22)25-17-28(23-15-6-7-16-24(23)32-25)33(30,31)18-19-9-2-1-3-10-19/h1-16,25H,17-18H2,(H,27,29)/t25-/m0/s1. The monoisotopic (exact) mass is 458 g/mol. The summed E-state index contributed by atoms with van der Waals surface area (Å²) >= 11 is 0. The molecule has 1 aliphatic heterocycles. The van der Waals surface area contributed by atoms with Gasteiger partial charge in [-0.25, -0.2) is 8.42 Å². The van der Waals surface area contributed by atoms with Gasteiger partial charge >= 0.3 is 0 Å². The minimum Gasteiger partial charge on any atom is -0.476 e. The van der Waals surface area contributed by atoms with Crippen LogP contribution in [0.2, 0.25) is 0 Å². The first-order valence-corrected chi connectivity index (χ1v) is 12.2. The van der Waals surface area contributed by atoms with Crippen LogP contribution in [0.1, 0.15) is 5.56 Å². The molecule has 5 rings (SSSR count). The number of ether oxygens (including phenoxy) is 1. The van der Waals surface area contributed by atoms with Crippen molar-refractivity contribution in [3.8, 4) is 5.75 Å². The summed E-state index contributed by atoms with van der Waals surface area (Å²) in [7, 11) is -3.75. The van der Waals surface area contributed by atoms with Gasteiger partial charge < -0.3 is 10.1 Å². The second kappa shape index (κ2) is 8.60. The van der Waals surface area contributed by atoms with Crippen molar-refractivity contribution in [2.24, 2.45) is 0 Å². The summed E-state index contributed by atoms with van der Waals surface area (Å²) in [5.74, 6) is -0.209. The Hall–Kier alpha value is -3.84. The number of rotatable bonds is 5. The highest BCUT2D eigenvalue weighted by molar-refractivity contribution is 7.92. The average Bonchev–Trinajstić information content (AvgIpc) is 2.84. The molecule has 0 radical (unpaired) electrons. The lowest BCUT2D eigenvalue weighted by Crippen LogP contribution is -2.49. The summed E-state index contributed by atoms with van der Waals surface area (Å²) in [6.45, 7) is -0.108. The number of anilines is 2. The van der Waals surface area contributed by atoms with E-state index in [0.717, 1.165) is 10.8 Å². The van der Waals surface area contributed by atoms with Crippen LogP contribution < -0.4 is 14.4 Å². The number of amides is 1. The van der Waals surface area contributed by atoms with E-state index in [0.29, 0.717) is 22.7 Å². The fourth-order valence-electron chi connectivity index (χ4n) is 4.01. The molecule has 4 aromatic carbocycles. The van der Waals surface area contributed by atoms with Gasteiger partial charge in [-0.2, -0.15) is 0 Å². The van der Waals surface area contributed by atoms with Crippen molar-refractivity contribution in [1.29, 1.82) is 0 Å². The van der Waals surface area contributed by atoms with Crippen molar-refractivity contribution in [3.63, 3.8) is 0 Å². The fraction of sp³-hybridized carbons (Fsp3) is 0.115. The highest BCUT2D eigenvalue weighted by Crippen LogP contribution is 2.36. The SMILES string of the molecule is O=C(Nc1cccc2ccccc12)[C@@H]1CN(S(=O)(=O)Cc2ccccc2)c2ccccc2O1. The first kappa shape index (κ1) is 21.0. The zero-order valence-electron chi connectivity index (χ0n) is 17.7. The Balaban J connectivity index is 1.44. The first-order chi connectivity index (χ1) is 16.0. The van der Waals surface area contributed by atoms with Crippen molar-refractivity contribution in [2.75, 3.05) is 16.2 Å². The lowest BCUT2D eigenvalue weighted by Gasteiger charge is -2.34. The van der Waals surface area contributed by atoms with Gasteiger partial charge in [0.25, 0.3) is 5.91 Å². The molecule has 0 bridgehead atoms. The number of sulfonamides is 1. The number of hydrogen-bond donors (Lipinski definition) is 1. The van der Waals surface area contributed by atoms with E-state index < -0.39 is 22.0 Å². The van der Waals surface area contributed by atoms with Crippen molar-refractivity contribution >= 4 is 38.1 Å². The van der Waals surface area contributed by atoms with Gasteiger partial charge in [0.05, 0.1) is 18.0 Å². The summed E-state index contributed by atoms with van der Waals surface area (Å²) in [6, 6.07) is 29.3. The molecule has 4 aromatic rings. The summed E-state index contributed by atoms with van der Waals surface area (Å²) in [5.41, 5.74) is 1.76. The third-order valence-corrected chi connectivity index (χ3v) is 7.32. The Morgan fingerprint density at radius 3 is 2.42 bits per heavy atom. The Bertz CT molecular complexity index is 1420. The van der Waals surface area contributed by atoms with E-state index in [1.807, 2.05) is 48.5 Å². The Kier molecular flexibility index (Phi) is 5.48. The van der Waals surface area contributed by atoms with Gasteiger partial charge in [-0.3, -0.25) is 9.10 Å². The minimum atomic E-state index is -3.75. The molecular weight excluding hydrogens is 436 g/mol. The van der Waals surface area contributed by atoms with Crippen molar-refractivity contribution < 1.29 is 17.9 Å². The normalized spacial score (nSPS) is 15.5. The number of hydrogen-bond acceptors (Lipinski definition) is 4. The predicted molar refractivity (Wildman–Crippen MR) is 130 cm³/mol. The van der Waals surface area contributed by atoms with Gasteiger partial charge in [0.2, 0.25) is 10.0 Å². The van der Waals surface area contributed by atoms with Crippen LogP contribution in [0.15, 0.2) is 97.1 Å². The number of benzene rings is 4. The maximum atomic E-state index is 13.4. The molecule has 1 amide bonds. The van der Waals surface area contributed by atoms with Gasteiger partial charge in [-0.1, -0.05) is 78.9 Å². The molecule has 0 saturated heterocycles. The summed E-state index contributed by atoms with van der Waals surface area (Å²) in [5, 5.41) is 4.82. The van der Waals surface area contributed by atoms with Gasteiger partial charge in [-0.15, -0.1) is 0 Å². The molecule has 0 fully saturated rings. The zero-order valence-corrected chi connectivity index (χ0v) is 18.5. The van der Waals surface area contributed by atoms with E-state index in [1.165, 1.54) is 4.31 Å². The van der Waals surface area contributed by atoms with Crippen molar-refractivity contribution in [3.05, 3.63) is 103 Å². The van der Waals surface area contributed by atoms with Gasteiger partial charge in [0.1, 0.15) is 5.75 Å². The van der Waals surface area contributed by atoms with Crippen LogP contribution in [-0.4, -0.2) is 27.0 Å². The van der Waals surface area contributed by atoms with Crippen molar-refractivity contribution in [2.45, 2.75) is 11.9 Å². The largest absolute Gasteiger partial charge is 0.476 e. The number of carbonyl (C=O) groups excluding carboxylic acids is 1. The predicted octanol–water partition coefficient (Wildman–Crippen LogP) is 4.58. The van der Waals surface area contributed by atoms with Gasteiger partial charge in [0, 0.05) is 11.1 Å². The van der Waals surface area contributed by atoms with Crippen LogP contribution in [0.5, 0.6) is 5.75 Å². The number of para-hydroxylation sites is 2. The molecule has 0 unspecified atom stereocenters. The smallest absolute Gasteiger partial charge is 0.267 e. The zero-order chi connectivity index (χ0) is 22.8. The quantitative estimate of drug-likeness (QED) is 0.475. The second-order valence-electron chi connectivity index (χ2n) is 7.86. The van der Waals surface area contributed by atoms with Crippen LogP contribution in [0, 0.1) is 0 Å².